The molecule has 1 heterocycles. The predicted molar refractivity (Wildman–Crippen MR) is 80.1 cm³/mol. The maximum absolute atomic E-state index is 11.6. The third kappa shape index (κ3) is 3.91. The Hall–Kier alpha value is -2.18. The van der Waals surface area contributed by atoms with Crippen molar-refractivity contribution in [3.8, 4) is 0 Å². The van der Waals surface area contributed by atoms with Gasteiger partial charge in [-0.05, 0) is 23.6 Å². The molecule has 0 atom stereocenters. The van der Waals surface area contributed by atoms with Crippen LogP contribution in [0.5, 0.6) is 0 Å². The van der Waals surface area contributed by atoms with Gasteiger partial charge < -0.3 is 5.32 Å². The molecule has 1 aromatic carbocycles. The quantitative estimate of drug-likeness (QED) is 0.519. The highest BCUT2D eigenvalue weighted by atomic mass is 35.5. The molecule has 0 saturated carbocycles. The van der Waals surface area contributed by atoms with Gasteiger partial charge in [0.05, 0.1) is 16.9 Å². The lowest BCUT2D eigenvalue weighted by molar-refractivity contribution is -0.136. The fourth-order valence-electron chi connectivity index (χ4n) is 1.31. The SMILES string of the molecule is O=C(NN=Cc1cccs1)C(=O)Nc1ccccc1Cl. The second-order valence-electron chi connectivity index (χ2n) is 3.65. The van der Waals surface area contributed by atoms with E-state index in [1.54, 1.807) is 24.3 Å². The number of thiophene rings is 1. The van der Waals surface area contributed by atoms with E-state index in [-0.39, 0.29) is 0 Å². The summed E-state index contributed by atoms with van der Waals surface area (Å²) in [6, 6.07) is 10.3. The molecular weight excluding hydrogens is 298 g/mol. The van der Waals surface area contributed by atoms with Crippen molar-refractivity contribution in [2.45, 2.75) is 0 Å². The van der Waals surface area contributed by atoms with Gasteiger partial charge in [-0.25, -0.2) is 5.43 Å². The largest absolute Gasteiger partial charge is 0.329 e. The Morgan fingerprint density at radius 2 is 1.95 bits per heavy atom. The maximum atomic E-state index is 11.6. The smallest absolute Gasteiger partial charge is 0.316 e. The van der Waals surface area contributed by atoms with Crippen LogP contribution in [0.15, 0.2) is 46.9 Å². The van der Waals surface area contributed by atoms with E-state index >= 15 is 0 Å². The van der Waals surface area contributed by atoms with Gasteiger partial charge >= 0.3 is 11.8 Å². The van der Waals surface area contributed by atoms with Crippen LogP contribution in [0, 0.1) is 0 Å². The topological polar surface area (TPSA) is 70.6 Å². The molecule has 0 aliphatic heterocycles. The minimum absolute atomic E-state index is 0.357. The number of halogens is 1. The number of para-hydroxylation sites is 1. The molecule has 5 nitrogen and oxygen atoms in total. The fourth-order valence-corrected chi connectivity index (χ4v) is 2.08. The molecule has 1 aromatic heterocycles. The van der Waals surface area contributed by atoms with Crippen LogP contribution in [0.2, 0.25) is 5.02 Å². The Morgan fingerprint density at radius 1 is 1.15 bits per heavy atom. The first kappa shape index (κ1) is 14.2. The highest BCUT2D eigenvalue weighted by Gasteiger charge is 2.13. The molecule has 2 rings (SSSR count). The van der Waals surface area contributed by atoms with Gasteiger partial charge in [0.25, 0.3) is 0 Å². The molecule has 0 spiro atoms. The third-order valence-electron chi connectivity index (χ3n) is 2.23. The molecule has 0 bridgehead atoms. The van der Waals surface area contributed by atoms with E-state index < -0.39 is 11.8 Å². The number of carbonyl (C=O) groups excluding carboxylic acids is 2. The van der Waals surface area contributed by atoms with Crippen molar-refractivity contribution in [3.05, 3.63) is 51.7 Å². The van der Waals surface area contributed by atoms with E-state index in [1.807, 2.05) is 17.5 Å². The Balaban J connectivity index is 1.89. The molecule has 2 amide bonds. The second-order valence-corrected chi connectivity index (χ2v) is 5.03. The van der Waals surface area contributed by atoms with Gasteiger partial charge in [0.1, 0.15) is 0 Å². The van der Waals surface area contributed by atoms with Gasteiger partial charge in [0.15, 0.2) is 0 Å². The van der Waals surface area contributed by atoms with Crippen molar-refractivity contribution < 1.29 is 9.59 Å². The highest BCUT2D eigenvalue weighted by Crippen LogP contribution is 2.20. The standard InChI is InChI=1S/C13H10ClN3O2S/c14-10-5-1-2-6-11(10)16-12(18)13(19)17-15-8-9-4-3-7-20-9/h1-8H,(H,16,18)(H,17,19). The maximum Gasteiger partial charge on any atom is 0.329 e. The summed E-state index contributed by atoms with van der Waals surface area (Å²) in [6.45, 7) is 0. The van der Waals surface area contributed by atoms with Crippen molar-refractivity contribution in [2.75, 3.05) is 5.32 Å². The fraction of sp³-hybridized carbons (Fsp3) is 0. The molecule has 2 N–H and O–H groups in total. The van der Waals surface area contributed by atoms with Crippen LogP contribution in [0.25, 0.3) is 0 Å². The monoisotopic (exact) mass is 307 g/mol. The van der Waals surface area contributed by atoms with Gasteiger partial charge in [-0.15, -0.1) is 11.3 Å². The molecule has 0 saturated heterocycles. The Bertz CT molecular complexity index is 641. The van der Waals surface area contributed by atoms with Crippen molar-refractivity contribution in [1.82, 2.24) is 5.43 Å². The molecular formula is C13H10ClN3O2S. The van der Waals surface area contributed by atoms with E-state index in [4.69, 9.17) is 11.6 Å². The van der Waals surface area contributed by atoms with Gasteiger partial charge in [-0.3, -0.25) is 9.59 Å². The zero-order chi connectivity index (χ0) is 14.4. The average Bonchev–Trinajstić information content (AvgIpc) is 2.94. The minimum Gasteiger partial charge on any atom is -0.316 e. The number of hydrazone groups is 1. The van der Waals surface area contributed by atoms with Crippen LogP contribution >= 0.6 is 22.9 Å². The zero-order valence-electron chi connectivity index (χ0n) is 10.2. The highest BCUT2D eigenvalue weighted by molar-refractivity contribution is 7.11. The number of nitrogens with one attached hydrogen (secondary N) is 2. The molecule has 0 radical (unpaired) electrons. The van der Waals surface area contributed by atoms with Crippen LogP contribution in [0.3, 0.4) is 0 Å². The summed E-state index contributed by atoms with van der Waals surface area (Å²) in [5.74, 6) is -1.70. The van der Waals surface area contributed by atoms with Crippen LogP contribution in [-0.2, 0) is 9.59 Å². The first-order chi connectivity index (χ1) is 9.66. The van der Waals surface area contributed by atoms with Gasteiger partial charge in [0.2, 0.25) is 0 Å². The number of rotatable bonds is 3. The Kier molecular flexibility index (Phi) is 4.86. The van der Waals surface area contributed by atoms with E-state index in [2.05, 4.69) is 15.8 Å². The molecule has 102 valence electrons. The van der Waals surface area contributed by atoms with E-state index in [9.17, 15) is 9.59 Å². The van der Waals surface area contributed by atoms with E-state index in [1.165, 1.54) is 17.6 Å². The average molecular weight is 308 g/mol. The second kappa shape index (κ2) is 6.83. The normalized spacial score (nSPS) is 10.4. The first-order valence-corrected chi connectivity index (χ1v) is 6.85. The molecule has 0 fully saturated rings. The van der Waals surface area contributed by atoms with Crippen molar-refractivity contribution in [2.24, 2.45) is 5.10 Å². The molecule has 0 unspecified atom stereocenters. The Labute approximate surface area is 124 Å². The lowest BCUT2D eigenvalue weighted by atomic mass is 10.3. The number of benzene rings is 1. The van der Waals surface area contributed by atoms with Crippen molar-refractivity contribution in [1.29, 1.82) is 0 Å². The van der Waals surface area contributed by atoms with Crippen molar-refractivity contribution in [3.63, 3.8) is 0 Å². The summed E-state index contributed by atoms with van der Waals surface area (Å²) in [7, 11) is 0. The Morgan fingerprint density at radius 3 is 2.65 bits per heavy atom. The number of amides is 2. The minimum atomic E-state index is -0.863. The molecule has 0 aliphatic carbocycles. The lowest BCUT2D eigenvalue weighted by Gasteiger charge is -2.05. The summed E-state index contributed by atoms with van der Waals surface area (Å²) in [5.41, 5.74) is 2.51. The van der Waals surface area contributed by atoms with Crippen LogP contribution < -0.4 is 10.7 Å². The van der Waals surface area contributed by atoms with Gasteiger partial charge in [0, 0.05) is 4.88 Å². The number of hydrogen-bond donors (Lipinski definition) is 2. The number of nitrogens with zero attached hydrogens (tertiary/aromatic N) is 1. The summed E-state index contributed by atoms with van der Waals surface area (Å²) in [5, 5.41) is 8.33. The lowest BCUT2D eigenvalue weighted by Crippen LogP contribution is -2.32. The van der Waals surface area contributed by atoms with Gasteiger partial charge in [-0.1, -0.05) is 29.8 Å². The van der Waals surface area contributed by atoms with E-state index in [0.29, 0.717) is 10.7 Å². The molecule has 0 aliphatic rings. The summed E-state index contributed by atoms with van der Waals surface area (Å²) < 4.78 is 0. The number of hydrogen-bond acceptors (Lipinski definition) is 4. The summed E-state index contributed by atoms with van der Waals surface area (Å²) >= 11 is 7.34. The first-order valence-electron chi connectivity index (χ1n) is 5.59. The van der Waals surface area contributed by atoms with Crippen LogP contribution in [-0.4, -0.2) is 18.0 Å². The summed E-state index contributed by atoms with van der Waals surface area (Å²) in [6.07, 6.45) is 1.46. The summed E-state index contributed by atoms with van der Waals surface area (Å²) in [4.78, 5) is 24.0. The molecule has 7 heteroatoms. The number of carbonyl (C=O) groups is 2. The molecule has 20 heavy (non-hydrogen) atoms. The van der Waals surface area contributed by atoms with Crippen LogP contribution in [0.4, 0.5) is 5.69 Å². The van der Waals surface area contributed by atoms with Crippen molar-refractivity contribution >= 4 is 46.7 Å². The molecule has 2 aromatic rings. The van der Waals surface area contributed by atoms with E-state index in [0.717, 1.165) is 4.88 Å². The third-order valence-corrected chi connectivity index (χ3v) is 3.37. The van der Waals surface area contributed by atoms with Gasteiger partial charge in [-0.2, -0.15) is 5.10 Å². The predicted octanol–water partition coefficient (Wildman–Crippen LogP) is 2.49. The zero-order valence-corrected chi connectivity index (χ0v) is 11.7. The number of anilines is 1. The van der Waals surface area contributed by atoms with Crippen LogP contribution in [0.1, 0.15) is 4.88 Å².